The Hall–Kier alpha value is -1.35. The average molecular weight is 249 g/mol. The van der Waals surface area contributed by atoms with Crippen molar-refractivity contribution in [2.24, 2.45) is 0 Å². The highest BCUT2D eigenvalue weighted by Gasteiger charge is 2.09. The zero-order valence-electron chi connectivity index (χ0n) is 11.5. The molecule has 3 heteroatoms. The van der Waals surface area contributed by atoms with E-state index in [0.717, 1.165) is 24.9 Å². The fraction of sp³-hybridized carbons (Fsp3) is 0.533. The normalized spacial score (nSPS) is 10.7. The summed E-state index contributed by atoms with van der Waals surface area (Å²) in [6, 6.07) is 8.55. The van der Waals surface area contributed by atoms with Crippen molar-refractivity contribution in [1.82, 2.24) is 5.32 Å². The lowest BCUT2D eigenvalue weighted by atomic mass is 10.0. The van der Waals surface area contributed by atoms with Gasteiger partial charge in [0.2, 0.25) is 0 Å². The Morgan fingerprint density at radius 1 is 1.22 bits per heavy atom. The summed E-state index contributed by atoms with van der Waals surface area (Å²) in [5, 5.41) is 3.51. The van der Waals surface area contributed by atoms with Gasteiger partial charge in [-0.25, -0.2) is 0 Å². The Bertz CT molecular complexity index is 373. The van der Waals surface area contributed by atoms with Gasteiger partial charge in [0.15, 0.2) is 0 Å². The van der Waals surface area contributed by atoms with Gasteiger partial charge in [-0.05, 0) is 24.0 Å². The smallest absolute Gasteiger partial charge is 0.309 e. The second kappa shape index (κ2) is 7.88. The molecule has 1 N–H and O–H groups in total. The first-order valence-corrected chi connectivity index (χ1v) is 6.58. The lowest BCUT2D eigenvalue weighted by molar-refractivity contribution is -0.139. The SMILES string of the molecule is CCC(CC)NCc1ccccc1CC(=O)OC. The number of carbonyl (C=O) groups is 1. The van der Waals surface area contributed by atoms with Gasteiger partial charge < -0.3 is 10.1 Å². The first kappa shape index (κ1) is 14.7. The summed E-state index contributed by atoms with van der Waals surface area (Å²) < 4.78 is 4.72. The molecule has 0 aliphatic heterocycles. The number of methoxy groups -OCH3 is 1. The maximum Gasteiger partial charge on any atom is 0.309 e. The largest absolute Gasteiger partial charge is 0.469 e. The molecule has 0 heterocycles. The quantitative estimate of drug-likeness (QED) is 0.755. The number of hydrogen-bond acceptors (Lipinski definition) is 3. The molecule has 0 bridgehead atoms. The minimum Gasteiger partial charge on any atom is -0.469 e. The molecule has 0 saturated carbocycles. The van der Waals surface area contributed by atoms with E-state index in [1.807, 2.05) is 18.2 Å². The second-order valence-electron chi connectivity index (χ2n) is 4.42. The van der Waals surface area contributed by atoms with Gasteiger partial charge in [-0.1, -0.05) is 38.1 Å². The number of hydrogen-bond donors (Lipinski definition) is 1. The Balaban J connectivity index is 2.67. The van der Waals surface area contributed by atoms with Crippen molar-refractivity contribution in [1.29, 1.82) is 0 Å². The molecule has 0 aliphatic rings. The molecule has 0 atom stereocenters. The van der Waals surface area contributed by atoms with Crippen molar-refractivity contribution in [2.45, 2.75) is 45.7 Å². The summed E-state index contributed by atoms with van der Waals surface area (Å²) in [7, 11) is 1.42. The molecule has 100 valence electrons. The Morgan fingerprint density at radius 3 is 2.39 bits per heavy atom. The maximum atomic E-state index is 11.3. The minimum atomic E-state index is -0.190. The number of benzene rings is 1. The second-order valence-corrected chi connectivity index (χ2v) is 4.42. The third-order valence-corrected chi connectivity index (χ3v) is 3.25. The summed E-state index contributed by atoms with van der Waals surface area (Å²) in [5.74, 6) is -0.190. The molecule has 0 unspecified atom stereocenters. The van der Waals surface area contributed by atoms with E-state index in [9.17, 15) is 4.79 Å². The van der Waals surface area contributed by atoms with Gasteiger partial charge in [0.25, 0.3) is 0 Å². The fourth-order valence-corrected chi connectivity index (χ4v) is 1.96. The van der Waals surface area contributed by atoms with Gasteiger partial charge in [-0.15, -0.1) is 0 Å². The molecule has 0 radical (unpaired) electrons. The number of ether oxygens (including phenoxy) is 1. The van der Waals surface area contributed by atoms with E-state index in [1.165, 1.54) is 12.7 Å². The Labute approximate surface area is 110 Å². The van der Waals surface area contributed by atoms with Crippen LogP contribution in [0.2, 0.25) is 0 Å². The van der Waals surface area contributed by atoms with Crippen molar-refractivity contribution >= 4 is 5.97 Å². The molecule has 1 aromatic carbocycles. The van der Waals surface area contributed by atoms with E-state index >= 15 is 0 Å². The molecule has 1 aromatic rings. The first-order chi connectivity index (χ1) is 8.71. The van der Waals surface area contributed by atoms with Gasteiger partial charge in [-0.3, -0.25) is 4.79 Å². The number of esters is 1. The van der Waals surface area contributed by atoms with E-state index < -0.39 is 0 Å². The molecule has 0 aromatic heterocycles. The van der Waals surface area contributed by atoms with Gasteiger partial charge in [0.05, 0.1) is 13.5 Å². The highest BCUT2D eigenvalue weighted by molar-refractivity contribution is 5.72. The summed E-state index contributed by atoms with van der Waals surface area (Å²) in [6.45, 7) is 5.17. The zero-order chi connectivity index (χ0) is 13.4. The standard InChI is InChI=1S/C15H23NO2/c1-4-14(5-2)16-11-13-9-7-6-8-12(13)10-15(17)18-3/h6-9,14,16H,4-5,10-11H2,1-3H3. The van der Waals surface area contributed by atoms with Crippen LogP contribution in [0.5, 0.6) is 0 Å². The summed E-state index contributed by atoms with van der Waals surface area (Å²) in [5.41, 5.74) is 2.22. The molecule has 0 saturated heterocycles. The fourth-order valence-electron chi connectivity index (χ4n) is 1.96. The molecular weight excluding hydrogens is 226 g/mol. The van der Waals surface area contributed by atoms with Crippen molar-refractivity contribution in [3.63, 3.8) is 0 Å². The van der Waals surface area contributed by atoms with Crippen LogP contribution in [0.3, 0.4) is 0 Å². The van der Waals surface area contributed by atoms with Crippen LogP contribution in [0, 0.1) is 0 Å². The lowest BCUT2D eigenvalue weighted by Gasteiger charge is -2.16. The molecule has 1 rings (SSSR count). The molecule has 3 nitrogen and oxygen atoms in total. The van der Waals surface area contributed by atoms with Gasteiger partial charge in [0, 0.05) is 12.6 Å². The predicted molar refractivity (Wildman–Crippen MR) is 73.4 cm³/mol. The van der Waals surface area contributed by atoms with E-state index in [-0.39, 0.29) is 5.97 Å². The van der Waals surface area contributed by atoms with E-state index in [1.54, 1.807) is 0 Å². The van der Waals surface area contributed by atoms with Gasteiger partial charge in [0.1, 0.15) is 0 Å². The minimum absolute atomic E-state index is 0.190. The van der Waals surface area contributed by atoms with Crippen LogP contribution in [0.4, 0.5) is 0 Å². The lowest BCUT2D eigenvalue weighted by Crippen LogP contribution is -2.27. The monoisotopic (exact) mass is 249 g/mol. The van der Waals surface area contributed by atoms with Crippen LogP contribution in [0.15, 0.2) is 24.3 Å². The zero-order valence-corrected chi connectivity index (χ0v) is 11.5. The molecule has 0 aliphatic carbocycles. The first-order valence-electron chi connectivity index (χ1n) is 6.58. The van der Waals surface area contributed by atoms with Crippen LogP contribution in [-0.4, -0.2) is 19.1 Å². The molecule has 0 amide bonds. The molecule has 18 heavy (non-hydrogen) atoms. The Kier molecular flexibility index (Phi) is 6.44. The predicted octanol–water partition coefficient (Wildman–Crippen LogP) is 2.68. The number of rotatable bonds is 7. The maximum absolute atomic E-state index is 11.3. The van der Waals surface area contributed by atoms with Crippen LogP contribution in [0.1, 0.15) is 37.8 Å². The Morgan fingerprint density at radius 2 is 1.83 bits per heavy atom. The molecular formula is C15H23NO2. The van der Waals surface area contributed by atoms with Crippen molar-refractivity contribution in [3.8, 4) is 0 Å². The van der Waals surface area contributed by atoms with Crippen LogP contribution < -0.4 is 5.32 Å². The van der Waals surface area contributed by atoms with E-state index in [2.05, 4.69) is 25.2 Å². The molecule has 0 spiro atoms. The van der Waals surface area contributed by atoms with E-state index in [0.29, 0.717) is 12.5 Å². The highest BCUT2D eigenvalue weighted by Crippen LogP contribution is 2.11. The van der Waals surface area contributed by atoms with Crippen LogP contribution in [0.25, 0.3) is 0 Å². The van der Waals surface area contributed by atoms with Crippen molar-refractivity contribution in [3.05, 3.63) is 35.4 Å². The number of carbonyl (C=O) groups excluding carboxylic acids is 1. The van der Waals surface area contributed by atoms with Crippen molar-refractivity contribution in [2.75, 3.05) is 7.11 Å². The number of nitrogens with one attached hydrogen (secondary N) is 1. The van der Waals surface area contributed by atoms with Gasteiger partial charge in [-0.2, -0.15) is 0 Å². The summed E-state index contributed by atoms with van der Waals surface area (Å²) in [6.07, 6.45) is 2.59. The van der Waals surface area contributed by atoms with Crippen LogP contribution >= 0.6 is 0 Å². The summed E-state index contributed by atoms with van der Waals surface area (Å²) in [4.78, 5) is 11.3. The highest BCUT2D eigenvalue weighted by atomic mass is 16.5. The van der Waals surface area contributed by atoms with Crippen molar-refractivity contribution < 1.29 is 9.53 Å². The van der Waals surface area contributed by atoms with E-state index in [4.69, 9.17) is 4.74 Å². The average Bonchev–Trinajstić information content (AvgIpc) is 2.41. The molecule has 0 fully saturated rings. The van der Waals surface area contributed by atoms with Crippen LogP contribution in [-0.2, 0) is 22.5 Å². The third-order valence-electron chi connectivity index (χ3n) is 3.25. The topological polar surface area (TPSA) is 38.3 Å². The third kappa shape index (κ3) is 4.49. The van der Waals surface area contributed by atoms with Gasteiger partial charge >= 0.3 is 5.97 Å². The summed E-state index contributed by atoms with van der Waals surface area (Å²) >= 11 is 0.